The molecule has 1 fully saturated rings. The fourth-order valence-corrected chi connectivity index (χ4v) is 5.41. The topological polar surface area (TPSA) is 95.8 Å². The van der Waals surface area contributed by atoms with Gasteiger partial charge in [0.2, 0.25) is 0 Å². The van der Waals surface area contributed by atoms with E-state index in [1.807, 2.05) is 24.3 Å². The lowest BCUT2D eigenvalue weighted by Crippen LogP contribution is -2.41. The van der Waals surface area contributed by atoms with Crippen LogP contribution in [0.15, 0.2) is 42.2 Å². The number of carboxylic acids is 1. The van der Waals surface area contributed by atoms with Gasteiger partial charge in [0.25, 0.3) is 0 Å². The lowest BCUT2D eigenvalue weighted by atomic mass is 9.79. The van der Waals surface area contributed by atoms with E-state index in [2.05, 4.69) is 26.7 Å². The molecule has 1 aromatic carbocycles. The minimum Gasteiger partial charge on any atom is -0.497 e. The van der Waals surface area contributed by atoms with Crippen molar-refractivity contribution in [2.45, 2.75) is 38.2 Å². The Morgan fingerprint density at radius 3 is 2.97 bits per heavy atom. The van der Waals surface area contributed by atoms with Crippen LogP contribution in [0.25, 0.3) is 10.9 Å². The number of methoxy groups -OCH3 is 1. The lowest BCUT2D eigenvalue weighted by Gasteiger charge is -2.38. The Morgan fingerprint density at radius 1 is 1.31 bits per heavy atom. The fourth-order valence-electron chi connectivity index (χ4n) is 4.92. The van der Waals surface area contributed by atoms with Crippen molar-refractivity contribution >= 4 is 28.2 Å². The predicted octanol–water partition coefficient (Wildman–Crippen LogP) is 4.37. The normalized spacial score (nSPS) is 19.1. The highest BCUT2D eigenvalue weighted by atomic mass is 32.1. The first-order valence-electron chi connectivity index (χ1n) is 12.0. The number of fused-ring (bicyclic) bond motifs is 1. The summed E-state index contributed by atoms with van der Waals surface area (Å²) < 4.78 is 5.36. The first-order valence-corrected chi connectivity index (χ1v) is 12.8. The Kier molecular flexibility index (Phi) is 8.69. The Hall–Kier alpha value is -2.99. The number of carbonyl (C=O) groups is 1. The molecule has 7 nitrogen and oxygen atoms in total. The average Bonchev–Trinajstić information content (AvgIpc) is 3.39. The van der Waals surface area contributed by atoms with Gasteiger partial charge in [-0.3, -0.25) is 19.7 Å². The monoisotopic (exact) mass is 493 g/mol. The van der Waals surface area contributed by atoms with Crippen LogP contribution in [0.1, 0.15) is 48.6 Å². The predicted molar refractivity (Wildman–Crippen MR) is 136 cm³/mol. The van der Waals surface area contributed by atoms with E-state index in [9.17, 15) is 15.0 Å². The SMILES string of the molecule is COc1ccc2nccc([C@H](O)CC[C@@H]3CCN(CC#Cc4cncs4)C[C@H]3CCC(=O)O)c2c1. The van der Waals surface area contributed by atoms with E-state index in [0.717, 1.165) is 53.0 Å². The molecular formula is C27H31N3O4S. The van der Waals surface area contributed by atoms with Gasteiger partial charge in [0, 0.05) is 24.5 Å². The Labute approximate surface area is 209 Å². The minimum absolute atomic E-state index is 0.166. The van der Waals surface area contributed by atoms with Crippen LogP contribution >= 0.6 is 11.3 Å². The number of thiazole rings is 1. The molecule has 0 bridgehead atoms. The van der Waals surface area contributed by atoms with Crippen molar-refractivity contribution in [3.63, 3.8) is 0 Å². The minimum atomic E-state index is -0.761. The number of aliphatic carboxylic acids is 1. The van der Waals surface area contributed by atoms with E-state index < -0.39 is 12.1 Å². The standard InChI is InChI=1S/C27H31N3O4S/c1-34-21-6-7-25-24(15-21)23(10-12-29-25)26(31)8-4-19-11-14-30(17-20(19)5-9-27(32)33)13-2-3-22-16-28-18-35-22/h6-7,10,12,15-16,18-20,26,31H,4-5,8-9,11,13-14,17H2,1H3,(H,32,33)/t19-,20-,26-/m1/s1. The number of nitrogens with zero attached hydrogens (tertiary/aromatic N) is 3. The number of carboxylic acid groups (broad SMARTS) is 1. The first-order chi connectivity index (χ1) is 17.0. The van der Waals surface area contributed by atoms with Gasteiger partial charge in [0.1, 0.15) is 5.75 Å². The van der Waals surface area contributed by atoms with Crippen molar-refractivity contribution in [3.8, 4) is 17.6 Å². The van der Waals surface area contributed by atoms with Gasteiger partial charge in [-0.2, -0.15) is 0 Å². The molecule has 8 heteroatoms. The molecular weight excluding hydrogens is 462 g/mol. The van der Waals surface area contributed by atoms with Crippen molar-refractivity contribution in [2.24, 2.45) is 11.8 Å². The summed E-state index contributed by atoms with van der Waals surface area (Å²) in [5.74, 6) is 7.00. The molecule has 0 radical (unpaired) electrons. The molecule has 2 N–H and O–H groups in total. The van der Waals surface area contributed by atoms with Crippen molar-refractivity contribution in [2.75, 3.05) is 26.7 Å². The molecule has 4 rings (SSSR count). The molecule has 1 aliphatic heterocycles. The summed E-state index contributed by atoms with van der Waals surface area (Å²) in [6, 6.07) is 7.56. The van der Waals surface area contributed by atoms with Crippen LogP contribution in [0.5, 0.6) is 5.75 Å². The summed E-state index contributed by atoms with van der Waals surface area (Å²) in [5, 5.41) is 21.2. The highest BCUT2D eigenvalue weighted by molar-refractivity contribution is 7.10. The highest BCUT2D eigenvalue weighted by Gasteiger charge is 2.29. The third kappa shape index (κ3) is 6.79. The van der Waals surface area contributed by atoms with Gasteiger partial charge in [0.05, 0.1) is 41.9 Å². The van der Waals surface area contributed by atoms with Crippen LogP contribution in [0, 0.1) is 23.7 Å². The summed E-state index contributed by atoms with van der Waals surface area (Å²) in [5.41, 5.74) is 3.46. The van der Waals surface area contributed by atoms with E-state index in [-0.39, 0.29) is 12.3 Å². The number of ether oxygens (including phenoxy) is 1. The third-order valence-corrected chi connectivity index (χ3v) is 7.49. The van der Waals surface area contributed by atoms with Crippen LogP contribution in [0.2, 0.25) is 0 Å². The van der Waals surface area contributed by atoms with E-state index in [1.54, 1.807) is 25.0 Å². The van der Waals surface area contributed by atoms with E-state index in [4.69, 9.17) is 4.74 Å². The molecule has 0 saturated carbocycles. The smallest absolute Gasteiger partial charge is 0.303 e. The van der Waals surface area contributed by atoms with Crippen LogP contribution in [-0.2, 0) is 4.79 Å². The van der Waals surface area contributed by atoms with Gasteiger partial charge in [-0.1, -0.05) is 11.8 Å². The summed E-state index contributed by atoms with van der Waals surface area (Å²) in [7, 11) is 1.63. The Morgan fingerprint density at radius 2 is 2.20 bits per heavy atom. The molecule has 0 aliphatic carbocycles. The molecule has 1 aliphatic rings. The largest absolute Gasteiger partial charge is 0.497 e. The molecule has 3 aromatic rings. The maximum atomic E-state index is 11.3. The van der Waals surface area contributed by atoms with Crippen LogP contribution in [-0.4, -0.2) is 57.8 Å². The zero-order valence-electron chi connectivity index (χ0n) is 19.9. The molecule has 1 saturated heterocycles. The summed E-state index contributed by atoms with van der Waals surface area (Å²) in [6.45, 7) is 2.43. The highest BCUT2D eigenvalue weighted by Crippen LogP contribution is 2.35. The number of hydrogen-bond acceptors (Lipinski definition) is 7. The number of hydrogen-bond donors (Lipinski definition) is 2. The van der Waals surface area contributed by atoms with Crippen LogP contribution < -0.4 is 4.74 Å². The molecule has 3 atom stereocenters. The number of benzene rings is 1. The number of piperidine rings is 1. The van der Waals surface area contributed by atoms with Gasteiger partial charge < -0.3 is 14.9 Å². The second-order valence-electron chi connectivity index (χ2n) is 9.02. The van der Waals surface area contributed by atoms with Gasteiger partial charge in [0.15, 0.2) is 0 Å². The fraction of sp³-hybridized carbons (Fsp3) is 0.444. The Bertz CT molecular complexity index is 1190. The number of aliphatic hydroxyl groups is 1. The van der Waals surface area contributed by atoms with Crippen molar-refractivity contribution < 1.29 is 19.7 Å². The van der Waals surface area contributed by atoms with E-state index in [1.165, 1.54) is 11.3 Å². The number of likely N-dealkylation sites (tertiary alicyclic amines) is 1. The molecule has 0 amide bonds. The number of rotatable bonds is 9. The van der Waals surface area contributed by atoms with Crippen LogP contribution in [0.4, 0.5) is 0 Å². The Balaban J connectivity index is 1.39. The number of pyridine rings is 1. The lowest BCUT2D eigenvalue weighted by molar-refractivity contribution is -0.137. The first kappa shape index (κ1) is 25.1. The zero-order valence-corrected chi connectivity index (χ0v) is 20.7. The summed E-state index contributed by atoms with van der Waals surface area (Å²) >= 11 is 1.53. The third-order valence-electron chi connectivity index (χ3n) is 6.80. The summed E-state index contributed by atoms with van der Waals surface area (Å²) in [6.07, 6.45) is 6.14. The number of aromatic nitrogens is 2. The average molecular weight is 494 g/mol. The van der Waals surface area contributed by atoms with Crippen molar-refractivity contribution in [1.29, 1.82) is 0 Å². The van der Waals surface area contributed by atoms with Crippen molar-refractivity contribution in [1.82, 2.24) is 14.9 Å². The molecule has 0 unspecified atom stereocenters. The van der Waals surface area contributed by atoms with Crippen LogP contribution in [0.3, 0.4) is 0 Å². The second kappa shape index (κ2) is 12.1. The molecule has 2 aromatic heterocycles. The van der Waals surface area contributed by atoms with Gasteiger partial charge in [-0.25, -0.2) is 0 Å². The van der Waals surface area contributed by atoms with Gasteiger partial charge >= 0.3 is 5.97 Å². The van der Waals surface area contributed by atoms with E-state index >= 15 is 0 Å². The molecule has 0 spiro atoms. The second-order valence-corrected chi connectivity index (χ2v) is 9.91. The van der Waals surface area contributed by atoms with Crippen molar-refractivity contribution in [3.05, 3.63) is 52.6 Å². The molecule has 35 heavy (non-hydrogen) atoms. The quantitative estimate of drug-likeness (QED) is 0.428. The van der Waals surface area contributed by atoms with Gasteiger partial charge in [-0.05, 0) is 73.9 Å². The maximum absolute atomic E-state index is 11.3. The van der Waals surface area contributed by atoms with Gasteiger partial charge in [-0.15, -0.1) is 11.3 Å². The van der Waals surface area contributed by atoms with E-state index in [0.29, 0.717) is 25.3 Å². The number of aliphatic hydroxyl groups excluding tert-OH is 1. The molecule has 3 heterocycles. The zero-order chi connectivity index (χ0) is 24.6. The summed E-state index contributed by atoms with van der Waals surface area (Å²) in [4.78, 5) is 23.0. The maximum Gasteiger partial charge on any atom is 0.303 e. The molecule has 184 valence electrons.